The molecule has 2 unspecified atom stereocenters. The Kier molecular flexibility index (Phi) is 3.95. The van der Waals surface area contributed by atoms with Crippen LogP contribution in [-0.2, 0) is 0 Å². The van der Waals surface area contributed by atoms with Gasteiger partial charge >= 0.3 is 0 Å². The van der Waals surface area contributed by atoms with Crippen molar-refractivity contribution < 1.29 is 4.74 Å². The average Bonchev–Trinajstić information content (AvgIpc) is 2.40. The van der Waals surface area contributed by atoms with E-state index >= 15 is 0 Å². The molecule has 1 heterocycles. The molecule has 0 spiro atoms. The Bertz CT molecular complexity index is 480. The summed E-state index contributed by atoms with van der Waals surface area (Å²) >= 11 is 0. The van der Waals surface area contributed by atoms with Crippen molar-refractivity contribution >= 4 is 0 Å². The van der Waals surface area contributed by atoms with Gasteiger partial charge in [0.05, 0.1) is 11.9 Å². The van der Waals surface area contributed by atoms with Crippen LogP contribution in [0.3, 0.4) is 0 Å². The second-order valence-electron chi connectivity index (χ2n) is 4.38. The van der Waals surface area contributed by atoms with Gasteiger partial charge in [-0.25, -0.2) is 0 Å². The van der Waals surface area contributed by atoms with Crippen molar-refractivity contribution in [2.75, 3.05) is 0 Å². The molecule has 0 aliphatic heterocycles. The van der Waals surface area contributed by atoms with Crippen LogP contribution < -0.4 is 10.5 Å². The molecule has 2 atom stereocenters. The van der Waals surface area contributed by atoms with E-state index in [9.17, 15) is 0 Å². The average molecular weight is 242 g/mol. The quantitative estimate of drug-likeness (QED) is 0.895. The maximum atomic E-state index is 5.83. The van der Waals surface area contributed by atoms with Crippen LogP contribution in [0.2, 0.25) is 0 Å². The first-order valence-electron chi connectivity index (χ1n) is 6.10. The predicted molar refractivity (Wildman–Crippen MR) is 72.3 cm³/mol. The molecule has 0 bridgehead atoms. The maximum absolute atomic E-state index is 5.83. The lowest BCUT2D eigenvalue weighted by molar-refractivity contribution is 0.226. The number of aromatic nitrogens is 1. The summed E-state index contributed by atoms with van der Waals surface area (Å²) in [6, 6.07) is 13.9. The van der Waals surface area contributed by atoms with Gasteiger partial charge < -0.3 is 10.5 Å². The van der Waals surface area contributed by atoms with Gasteiger partial charge in [0.25, 0.3) is 0 Å². The molecule has 0 saturated carbocycles. The minimum absolute atomic E-state index is 0.00847. The van der Waals surface area contributed by atoms with Crippen molar-refractivity contribution in [1.82, 2.24) is 4.98 Å². The van der Waals surface area contributed by atoms with Gasteiger partial charge in [-0.05, 0) is 31.5 Å². The Morgan fingerprint density at radius 3 is 2.33 bits per heavy atom. The largest absolute Gasteiger partial charge is 0.484 e. The summed E-state index contributed by atoms with van der Waals surface area (Å²) in [5.74, 6) is 0.760. The summed E-state index contributed by atoms with van der Waals surface area (Å²) in [5, 5.41) is 0. The SMILES string of the molecule is CC(N)c1ccc(OC(C)c2ccccc2)cn1. The Morgan fingerprint density at radius 2 is 1.78 bits per heavy atom. The smallest absolute Gasteiger partial charge is 0.138 e. The van der Waals surface area contributed by atoms with Crippen LogP contribution in [-0.4, -0.2) is 4.98 Å². The molecule has 2 aromatic rings. The summed E-state index contributed by atoms with van der Waals surface area (Å²) < 4.78 is 5.83. The van der Waals surface area contributed by atoms with Gasteiger partial charge in [0.15, 0.2) is 0 Å². The molecule has 18 heavy (non-hydrogen) atoms. The highest BCUT2D eigenvalue weighted by molar-refractivity contribution is 5.24. The fraction of sp³-hybridized carbons (Fsp3) is 0.267. The predicted octanol–water partition coefficient (Wildman–Crippen LogP) is 3.24. The van der Waals surface area contributed by atoms with Crippen molar-refractivity contribution in [3.8, 4) is 5.75 Å². The highest BCUT2D eigenvalue weighted by Gasteiger charge is 2.07. The number of rotatable bonds is 4. The van der Waals surface area contributed by atoms with Crippen LogP contribution in [0.5, 0.6) is 5.75 Å². The first-order valence-corrected chi connectivity index (χ1v) is 6.10. The standard InChI is InChI=1S/C15H18N2O/c1-11(16)15-9-8-14(10-17-15)18-12(2)13-6-4-3-5-7-13/h3-12H,16H2,1-2H3. The van der Waals surface area contributed by atoms with Gasteiger partial charge in [-0.3, -0.25) is 4.98 Å². The summed E-state index contributed by atoms with van der Waals surface area (Å²) in [6.07, 6.45) is 1.73. The van der Waals surface area contributed by atoms with Gasteiger partial charge in [0.1, 0.15) is 11.9 Å². The van der Waals surface area contributed by atoms with E-state index in [0.717, 1.165) is 17.0 Å². The van der Waals surface area contributed by atoms with E-state index in [1.807, 2.05) is 44.2 Å². The van der Waals surface area contributed by atoms with E-state index in [1.54, 1.807) is 6.20 Å². The van der Waals surface area contributed by atoms with Crippen LogP contribution in [0.1, 0.15) is 37.3 Å². The van der Waals surface area contributed by atoms with Crippen molar-refractivity contribution in [2.24, 2.45) is 5.73 Å². The number of pyridine rings is 1. The molecule has 1 aromatic heterocycles. The number of hydrogen-bond donors (Lipinski definition) is 1. The molecule has 0 fully saturated rings. The zero-order valence-electron chi connectivity index (χ0n) is 10.7. The molecule has 0 aliphatic carbocycles. The summed E-state index contributed by atoms with van der Waals surface area (Å²) in [7, 11) is 0. The van der Waals surface area contributed by atoms with Gasteiger partial charge in [-0.1, -0.05) is 30.3 Å². The highest BCUT2D eigenvalue weighted by atomic mass is 16.5. The molecular formula is C15H18N2O. The van der Waals surface area contributed by atoms with Crippen LogP contribution in [0, 0.1) is 0 Å². The third-order valence-electron chi connectivity index (χ3n) is 2.81. The number of benzene rings is 1. The lowest BCUT2D eigenvalue weighted by Gasteiger charge is -2.15. The van der Waals surface area contributed by atoms with Crippen molar-refractivity contribution in [3.63, 3.8) is 0 Å². The zero-order chi connectivity index (χ0) is 13.0. The number of nitrogens with zero attached hydrogens (tertiary/aromatic N) is 1. The van der Waals surface area contributed by atoms with Crippen LogP contribution >= 0.6 is 0 Å². The lowest BCUT2D eigenvalue weighted by atomic mass is 10.1. The molecule has 0 aliphatic rings. The zero-order valence-corrected chi connectivity index (χ0v) is 10.7. The van der Waals surface area contributed by atoms with E-state index in [2.05, 4.69) is 17.1 Å². The van der Waals surface area contributed by atoms with E-state index < -0.39 is 0 Å². The molecule has 94 valence electrons. The molecule has 3 heteroatoms. The van der Waals surface area contributed by atoms with Gasteiger partial charge in [-0.2, -0.15) is 0 Å². The number of hydrogen-bond acceptors (Lipinski definition) is 3. The first-order chi connectivity index (χ1) is 8.66. The van der Waals surface area contributed by atoms with Crippen LogP contribution in [0.25, 0.3) is 0 Å². The maximum Gasteiger partial charge on any atom is 0.138 e. The second-order valence-corrected chi connectivity index (χ2v) is 4.38. The Hall–Kier alpha value is -1.87. The second kappa shape index (κ2) is 5.65. The number of ether oxygens (including phenoxy) is 1. The third kappa shape index (κ3) is 3.08. The van der Waals surface area contributed by atoms with Gasteiger partial charge in [0, 0.05) is 6.04 Å². The van der Waals surface area contributed by atoms with E-state index in [4.69, 9.17) is 10.5 Å². The minimum Gasteiger partial charge on any atom is -0.484 e. The molecule has 1 aromatic carbocycles. The molecule has 2 N–H and O–H groups in total. The van der Waals surface area contributed by atoms with Gasteiger partial charge in [-0.15, -0.1) is 0 Å². The third-order valence-corrected chi connectivity index (χ3v) is 2.81. The minimum atomic E-state index is -0.0504. The normalized spacial score (nSPS) is 13.9. The van der Waals surface area contributed by atoms with Crippen molar-refractivity contribution in [3.05, 3.63) is 59.9 Å². The van der Waals surface area contributed by atoms with Crippen molar-refractivity contribution in [2.45, 2.75) is 26.0 Å². The van der Waals surface area contributed by atoms with Crippen LogP contribution in [0.4, 0.5) is 0 Å². The molecule has 0 amide bonds. The van der Waals surface area contributed by atoms with Gasteiger partial charge in [0.2, 0.25) is 0 Å². The summed E-state index contributed by atoms with van der Waals surface area (Å²) in [5.41, 5.74) is 7.77. The van der Waals surface area contributed by atoms with E-state index in [1.165, 1.54) is 0 Å². The fourth-order valence-electron chi connectivity index (χ4n) is 1.73. The molecular weight excluding hydrogens is 224 g/mol. The topological polar surface area (TPSA) is 48.1 Å². The monoisotopic (exact) mass is 242 g/mol. The Labute approximate surface area is 108 Å². The molecule has 2 rings (SSSR count). The molecule has 0 saturated heterocycles. The van der Waals surface area contributed by atoms with E-state index in [-0.39, 0.29) is 12.1 Å². The Balaban J connectivity index is 2.05. The Morgan fingerprint density at radius 1 is 1.06 bits per heavy atom. The molecule has 0 radical (unpaired) electrons. The fourth-order valence-corrected chi connectivity index (χ4v) is 1.73. The van der Waals surface area contributed by atoms with Crippen LogP contribution in [0.15, 0.2) is 48.7 Å². The first kappa shape index (κ1) is 12.6. The van der Waals surface area contributed by atoms with E-state index in [0.29, 0.717) is 0 Å². The number of nitrogens with two attached hydrogens (primary N) is 1. The van der Waals surface area contributed by atoms with Crippen molar-refractivity contribution in [1.29, 1.82) is 0 Å². The highest BCUT2D eigenvalue weighted by Crippen LogP contribution is 2.21. The molecule has 3 nitrogen and oxygen atoms in total. The summed E-state index contributed by atoms with van der Waals surface area (Å²) in [6.45, 7) is 3.93. The summed E-state index contributed by atoms with van der Waals surface area (Å²) in [4.78, 5) is 4.27. The lowest BCUT2D eigenvalue weighted by Crippen LogP contribution is -2.08.